The second kappa shape index (κ2) is 3.46. The van der Waals surface area contributed by atoms with Crippen molar-refractivity contribution in [1.29, 1.82) is 0 Å². The largest absolute Gasteiger partial charge is 0.428 e. The predicted molar refractivity (Wildman–Crippen MR) is 56.9 cm³/mol. The van der Waals surface area contributed by atoms with Crippen LogP contribution in [0.5, 0.6) is 0 Å². The third-order valence-corrected chi connectivity index (χ3v) is 2.85. The van der Waals surface area contributed by atoms with Gasteiger partial charge in [-0.2, -0.15) is 4.73 Å². The lowest BCUT2D eigenvalue weighted by Gasteiger charge is -1.94. The van der Waals surface area contributed by atoms with Crippen LogP contribution in [0.2, 0.25) is 0 Å². The molecule has 1 unspecified atom stereocenters. The number of para-hydroxylation sites is 1. The third-order valence-electron chi connectivity index (χ3n) is 2.13. The molecule has 74 valence electrons. The van der Waals surface area contributed by atoms with Crippen LogP contribution in [-0.4, -0.2) is 20.4 Å². The van der Waals surface area contributed by atoms with Crippen LogP contribution < -0.4 is 0 Å². The Kier molecular flexibility index (Phi) is 2.29. The van der Waals surface area contributed by atoms with Crippen LogP contribution in [0.25, 0.3) is 10.9 Å². The second-order valence-electron chi connectivity index (χ2n) is 3.23. The van der Waals surface area contributed by atoms with E-state index in [1.54, 1.807) is 12.5 Å². The molecule has 3 nitrogen and oxygen atoms in total. The lowest BCUT2D eigenvalue weighted by Crippen LogP contribution is -1.90. The summed E-state index contributed by atoms with van der Waals surface area (Å²) >= 11 is 0. The molecule has 2 rings (SSSR count). The molecule has 14 heavy (non-hydrogen) atoms. The number of hydrogen-bond acceptors (Lipinski definition) is 2. The Bertz CT molecular complexity index is 490. The molecule has 2 aromatic rings. The van der Waals surface area contributed by atoms with E-state index in [2.05, 4.69) is 0 Å². The van der Waals surface area contributed by atoms with Crippen LogP contribution in [-0.2, 0) is 16.6 Å². The van der Waals surface area contributed by atoms with Crippen LogP contribution in [0.4, 0.5) is 0 Å². The summed E-state index contributed by atoms with van der Waals surface area (Å²) in [6.45, 7) is 0. The van der Waals surface area contributed by atoms with Gasteiger partial charge in [-0.15, -0.1) is 0 Å². The Morgan fingerprint density at radius 2 is 2.14 bits per heavy atom. The number of rotatable bonds is 2. The van der Waals surface area contributed by atoms with E-state index in [9.17, 15) is 9.42 Å². The summed E-state index contributed by atoms with van der Waals surface area (Å²) in [4.78, 5) is 0. The average Bonchev–Trinajstić information content (AvgIpc) is 2.44. The molecule has 0 radical (unpaired) electrons. The summed E-state index contributed by atoms with van der Waals surface area (Å²) in [6.07, 6.45) is 3.27. The average molecular weight is 209 g/mol. The fourth-order valence-electron chi connectivity index (χ4n) is 1.57. The van der Waals surface area contributed by atoms with Gasteiger partial charge < -0.3 is 5.21 Å². The Hall–Kier alpha value is -1.29. The molecule has 0 aliphatic heterocycles. The maximum atomic E-state index is 11.1. The van der Waals surface area contributed by atoms with Crippen molar-refractivity contribution in [2.45, 2.75) is 5.75 Å². The SMILES string of the molecule is CS(=O)Cc1cn(O)c2ccccc12. The molecular formula is C10H11NO2S. The van der Waals surface area contributed by atoms with Gasteiger partial charge in [0.05, 0.1) is 11.3 Å². The Labute approximate surface area is 84.4 Å². The molecule has 1 heterocycles. The lowest BCUT2D eigenvalue weighted by molar-refractivity contribution is 0.200. The summed E-state index contributed by atoms with van der Waals surface area (Å²) in [7, 11) is -0.884. The molecule has 0 aliphatic carbocycles. The van der Waals surface area contributed by atoms with Gasteiger partial charge in [0.25, 0.3) is 0 Å². The molecule has 1 aromatic carbocycles. The normalized spacial score (nSPS) is 13.2. The molecule has 4 heteroatoms. The minimum absolute atomic E-state index is 0.480. The summed E-state index contributed by atoms with van der Waals surface area (Å²) in [5.41, 5.74) is 1.68. The third kappa shape index (κ3) is 1.53. The van der Waals surface area contributed by atoms with E-state index in [1.165, 1.54) is 0 Å². The number of benzene rings is 1. The van der Waals surface area contributed by atoms with Gasteiger partial charge in [-0.25, -0.2) is 0 Å². The van der Waals surface area contributed by atoms with Gasteiger partial charge in [0.15, 0.2) is 0 Å². The first-order valence-electron chi connectivity index (χ1n) is 4.26. The number of hydrogen-bond donors (Lipinski definition) is 1. The summed E-state index contributed by atoms with van der Waals surface area (Å²) in [5, 5.41) is 10.5. The predicted octanol–water partition coefficient (Wildman–Crippen LogP) is 1.76. The first kappa shape index (κ1) is 9.27. The van der Waals surface area contributed by atoms with Crippen LogP contribution in [0.3, 0.4) is 0 Å². The molecule has 0 fully saturated rings. The van der Waals surface area contributed by atoms with Gasteiger partial charge in [0.2, 0.25) is 0 Å². The van der Waals surface area contributed by atoms with E-state index >= 15 is 0 Å². The second-order valence-corrected chi connectivity index (χ2v) is 4.67. The van der Waals surface area contributed by atoms with E-state index in [-0.39, 0.29) is 0 Å². The highest BCUT2D eigenvalue weighted by atomic mass is 32.2. The first-order valence-corrected chi connectivity index (χ1v) is 5.99. The lowest BCUT2D eigenvalue weighted by atomic mass is 10.2. The van der Waals surface area contributed by atoms with Crippen molar-refractivity contribution in [3.8, 4) is 0 Å². The minimum Gasteiger partial charge on any atom is -0.428 e. The highest BCUT2D eigenvalue weighted by Crippen LogP contribution is 2.20. The number of aromatic nitrogens is 1. The molecule has 0 bridgehead atoms. The smallest absolute Gasteiger partial charge is 0.0868 e. The highest BCUT2D eigenvalue weighted by Gasteiger charge is 2.07. The zero-order valence-electron chi connectivity index (χ0n) is 7.80. The van der Waals surface area contributed by atoms with Crippen molar-refractivity contribution in [3.05, 3.63) is 36.0 Å². The maximum absolute atomic E-state index is 11.1. The first-order chi connectivity index (χ1) is 6.68. The van der Waals surface area contributed by atoms with Crippen LogP contribution in [0, 0.1) is 0 Å². The van der Waals surface area contributed by atoms with Gasteiger partial charge in [0, 0.05) is 28.6 Å². The van der Waals surface area contributed by atoms with Gasteiger partial charge in [-0.05, 0) is 11.6 Å². The minimum atomic E-state index is -0.884. The van der Waals surface area contributed by atoms with Crippen molar-refractivity contribution in [1.82, 2.24) is 4.73 Å². The number of nitrogens with zero attached hydrogens (tertiary/aromatic N) is 1. The zero-order chi connectivity index (χ0) is 10.1. The van der Waals surface area contributed by atoms with Crippen molar-refractivity contribution in [3.63, 3.8) is 0 Å². The highest BCUT2D eigenvalue weighted by molar-refractivity contribution is 7.83. The molecule has 1 N–H and O–H groups in total. The van der Waals surface area contributed by atoms with Gasteiger partial charge >= 0.3 is 0 Å². The summed E-state index contributed by atoms with van der Waals surface area (Å²) < 4.78 is 12.2. The Balaban J connectivity index is 2.60. The molecule has 1 atom stereocenters. The quantitative estimate of drug-likeness (QED) is 0.766. The molecule has 0 aliphatic rings. The van der Waals surface area contributed by atoms with Crippen molar-refractivity contribution in [2.24, 2.45) is 0 Å². The molecule has 0 amide bonds. The van der Waals surface area contributed by atoms with E-state index in [4.69, 9.17) is 0 Å². The molecule has 0 spiro atoms. The molecular weight excluding hydrogens is 198 g/mol. The summed E-state index contributed by atoms with van der Waals surface area (Å²) in [6, 6.07) is 7.52. The van der Waals surface area contributed by atoms with E-state index in [0.29, 0.717) is 5.75 Å². The molecule has 0 saturated heterocycles. The standard InChI is InChI=1S/C10H11NO2S/c1-14(13)7-8-6-11(12)10-5-3-2-4-9(8)10/h2-6,12H,7H2,1H3. The fraction of sp³-hybridized carbons (Fsp3) is 0.200. The fourth-order valence-corrected chi connectivity index (χ4v) is 2.23. The molecule has 1 aromatic heterocycles. The maximum Gasteiger partial charge on any atom is 0.0868 e. The van der Waals surface area contributed by atoms with Gasteiger partial charge in [-0.3, -0.25) is 4.21 Å². The monoisotopic (exact) mass is 209 g/mol. The van der Waals surface area contributed by atoms with Gasteiger partial charge in [-0.1, -0.05) is 18.2 Å². The summed E-state index contributed by atoms with van der Waals surface area (Å²) in [5.74, 6) is 0.480. The Morgan fingerprint density at radius 3 is 2.86 bits per heavy atom. The van der Waals surface area contributed by atoms with Crippen molar-refractivity contribution < 1.29 is 9.42 Å². The Morgan fingerprint density at radius 1 is 1.43 bits per heavy atom. The van der Waals surface area contributed by atoms with Crippen molar-refractivity contribution >= 4 is 21.7 Å². The molecule has 0 saturated carbocycles. The van der Waals surface area contributed by atoms with E-state index in [1.807, 2.05) is 24.3 Å². The number of fused-ring (bicyclic) bond motifs is 1. The van der Waals surface area contributed by atoms with E-state index in [0.717, 1.165) is 21.2 Å². The van der Waals surface area contributed by atoms with Gasteiger partial charge in [0.1, 0.15) is 0 Å². The topological polar surface area (TPSA) is 42.2 Å². The van der Waals surface area contributed by atoms with Crippen LogP contribution in [0.1, 0.15) is 5.56 Å². The zero-order valence-corrected chi connectivity index (χ0v) is 8.62. The van der Waals surface area contributed by atoms with E-state index < -0.39 is 10.8 Å². The van der Waals surface area contributed by atoms with Crippen LogP contribution >= 0.6 is 0 Å². The van der Waals surface area contributed by atoms with Crippen LogP contribution in [0.15, 0.2) is 30.5 Å². The van der Waals surface area contributed by atoms with Crippen molar-refractivity contribution in [2.75, 3.05) is 6.26 Å².